The summed E-state index contributed by atoms with van der Waals surface area (Å²) in [5.74, 6) is -2.66. The molecule has 200 valence electrons. The van der Waals surface area contributed by atoms with Gasteiger partial charge in [-0.3, -0.25) is 24.6 Å². The molecule has 39 heavy (non-hydrogen) atoms. The Labute approximate surface area is 226 Å². The minimum atomic E-state index is -1.27. The maximum atomic E-state index is 13.4. The summed E-state index contributed by atoms with van der Waals surface area (Å²) in [7, 11) is 1.49. The maximum Gasteiger partial charge on any atom is 0.350 e. The number of esters is 1. The molecule has 2 heterocycles. The number of anilines is 1. The van der Waals surface area contributed by atoms with Crippen LogP contribution in [0.2, 0.25) is 0 Å². The van der Waals surface area contributed by atoms with E-state index in [1.165, 1.54) is 37.5 Å². The molecule has 1 aromatic heterocycles. The number of methoxy groups -OCH3 is 1. The van der Waals surface area contributed by atoms with Gasteiger partial charge in [0.2, 0.25) is 0 Å². The molecule has 0 bridgehead atoms. The van der Waals surface area contributed by atoms with Gasteiger partial charge in [0.05, 0.1) is 29.3 Å². The Morgan fingerprint density at radius 2 is 2.00 bits per heavy atom. The third-order valence-corrected chi connectivity index (χ3v) is 7.18. The topological polar surface area (TPSA) is 149 Å². The predicted molar refractivity (Wildman–Crippen MR) is 143 cm³/mol. The number of aliphatic hydroxyl groups excluding tert-OH is 1. The molecule has 1 aliphatic heterocycles. The Kier molecular flexibility index (Phi) is 7.58. The largest absolute Gasteiger partial charge is 0.507 e. The van der Waals surface area contributed by atoms with Gasteiger partial charge in [0.1, 0.15) is 23.0 Å². The molecule has 1 amide bonds. The number of benzene rings is 2. The molecule has 4 rings (SSSR count). The second-order valence-corrected chi connectivity index (χ2v) is 9.48. The van der Waals surface area contributed by atoms with Crippen LogP contribution in [0.3, 0.4) is 0 Å². The van der Waals surface area contributed by atoms with Crippen LogP contribution in [0.25, 0.3) is 5.76 Å². The lowest BCUT2D eigenvalue weighted by atomic mass is 9.93. The number of hydrogen-bond donors (Lipinski definition) is 1. The zero-order chi connectivity index (χ0) is 28.4. The summed E-state index contributed by atoms with van der Waals surface area (Å²) >= 11 is 0.826. The van der Waals surface area contributed by atoms with Crippen molar-refractivity contribution >= 4 is 45.6 Å². The number of aryl methyl sites for hydroxylation is 2. The van der Waals surface area contributed by atoms with Gasteiger partial charge in [-0.15, -0.1) is 0 Å². The first kappa shape index (κ1) is 27.2. The molecular weight excluding hydrogens is 526 g/mol. The van der Waals surface area contributed by atoms with Crippen LogP contribution < -0.4 is 9.64 Å². The van der Waals surface area contributed by atoms with Gasteiger partial charge in [0, 0.05) is 17.7 Å². The van der Waals surface area contributed by atoms with Crippen LogP contribution in [-0.2, 0) is 14.3 Å². The van der Waals surface area contributed by atoms with E-state index >= 15 is 0 Å². The zero-order valence-corrected chi connectivity index (χ0v) is 22.0. The zero-order valence-electron chi connectivity index (χ0n) is 21.2. The van der Waals surface area contributed by atoms with Crippen molar-refractivity contribution in [3.05, 3.63) is 98.1 Å². The molecule has 0 radical (unpaired) electrons. The van der Waals surface area contributed by atoms with E-state index in [9.17, 15) is 29.6 Å². The van der Waals surface area contributed by atoms with E-state index in [4.69, 9.17) is 9.47 Å². The van der Waals surface area contributed by atoms with Crippen molar-refractivity contribution < 1.29 is 33.9 Å². The van der Waals surface area contributed by atoms with Gasteiger partial charge in [-0.2, -0.15) is 0 Å². The third-order valence-electron chi connectivity index (χ3n) is 6.04. The summed E-state index contributed by atoms with van der Waals surface area (Å²) in [5, 5.41) is 22.9. The molecule has 0 spiro atoms. The number of Topliss-reactive ketones (excluding diaryl/α,β-unsaturated/α-hetero) is 1. The first-order chi connectivity index (χ1) is 18.6. The number of carbonyl (C=O) groups is 3. The highest BCUT2D eigenvalue weighted by Crippen LogP contribution is 2.45. The van der Waals surface area contributed by atoms with Gasteiger partial charge >= 0.3 is 11.9 Å². The maximum absolute atomic E-state index is 13.4. The van der Waals surface area contributed by atoms with Crippen LogP contribution in [0.5, 0.6) is 5.75 Å². The lowest BCUT2D eigenvalue weighted by Gasteiger charge is -2.23. The molecule has 1 fully saturated rings. The molecule has 0 unspecified atom stereocenters. The van der Waals surface area contributed by atoms with Gasteiger partial charge in [0.25, 0.3) is 11.5 Å². The van der Waals surface area contributed by atoms with Crippen LogP contribution in [-0.4, -0.2) is 46.4 Å². The Balaban J connectivity index is 1.94. The van der Waals surface area contributed by atoms with Crippen molar-refractivity contribution in [1.29, 1.82) is 0 Å². The number of carbonyl (C=O) groups excluding carboxylic acids is 3. The summed E-state index contributed by atoms with van der Waals surface area (Å²) in [6.45, 7) is 6.71. The van der Waals surface area contributed by atoms with E-state index in [0.717, 1.165) is 16.2 Å². The van der Waals surface area contributed by atoms with Crippen LogP contribution in [0.15, 0.2) is 60.7 Å². The van der Waals surface area contributed by atoms with Crippen molar-refractivity contribution in [3.63, 3.8) is 0 Å². The Morgan fingerprint density at radius 3 is 2.64 bits per heavy atom. The molecule has 0 saturated carbocycles. The SMILES string of the molecule is C=CCOC(=O)c1sc(N2C(=O)C(=O)C(=C(O)c3ccc(OC)cc3C)[C@@H]2c2cccc([N+](=O)[O-])c2)nc1C. The molecule has 1 aliphatic rings. The minimum Gasteiger partial charge on any atom is -0.507 e. The number of aromatic nitrogens is 1. The smallest absolute Gasteiger partial charge is 0.350 e. The number of ketones is 1. The standard InChI is InChI=1S/C27H23N3O8S/c1-5-11-38-26(34)24-15(3)28-27(39-24)29-21(16-7-6-8-17(13-16)30(35)36)20(23(32)25(29)33)22(31)19-10-9-18(37-4)12-14(19)2/h5-10,12-13,21,31H,1,11H2,2-4H3/t21-/m0/s1. The number of nitro groups is 1. The number of non-ortho nitro benzene ring substituents is 1. The van der Waals surface area contributed by atoms with E-state index < -0.39 is 34.4 Å². The molecule has 3 aromatic rings. The Hall–Kier alpha value is -4.84. The number of aliphatic hydroxyl groups is 1. The number of ether oxygens (including phenoxy) is 2. The first-order valence-corrected chi connectivity index (χ1v) is 12.4. The predicted octanol–water partition coefficient (Wildman–Crippen LogP) is 4.65. The average Bonchev–Trinajstić information content (AvgIpc) is 3.43. The average molecular weight is 550 g/mol. The number of nitrogens with zero attached hydrogens (tertiary/aromatic N) is 3. The molecule has 12 heteroatoms. The van der Waals surface area contributed by atoms with Crippen LogP contribution >= 0.6 is 11.3 Å². The summed E-state index contributed by atoms with van der Waals surface area (Å²) < 4.78 is 10.3. The van der Waals surface area contributed by atoms with E-state index in [1.807, 2.05) is 0 Å². The van der Waals surface area contributed by atoms with E-state index in [2.05, 4.69) is 11.6 Å². The third kappa shape index (κ3) is 5.01. The van der Waals surface area contributed by atoms with Crippen LogP contribution in [0.4, 0.5) is 10.8 Å². The lowest BCUT2D eigenvalue weighted by molar-refractivity contribution is -0.384. The summed E-state index contributed by atoms with van der Waals surface area (Å²) in [6.07, 6.45) is 1.40. The summed E-state index contributed by atoms with van der Waals surface area (Å²) in [4.78, 5) is 55.7. The fraction of sp³-hybridized carbons (Fsp3) is 0.185. The number of rotatable bonds is 8. The van der Waals surface area contributed by atoms with Crippen molar-refractivity contribution in [3.8, 4) is 5.75 Å². The monoisotopic (exact) mass is 549 g/mol. The number of nitro benzene ring substituents is 1. The van der Waals surface area contributed by atoms with Gasteiger partial charge in [0.15, 0.2) is 5.13 Å². The second kappa shape index (κ2) is 10.9. The van der Waals surface area contributed by atoms with Gasteiger partial charge in [-0.05, 0) is 43.2 Å². The van der Waals surface area contributed by atoms with Crippen molar-refractivity contribution in [2.75, 3.05) is 18.6 Å². The number of hydrogen-bond acceptors (Lipinski definition) is 10. The first-order valence-electron chi connectivity index (χ1n) is 11.5. The molecule has 0 aliphatic carbocycles. The minimum absolute atomic E-state index is 0.0119. The number of thiazole rings is 1. The molecule has 2 aromatic carbocycles. The second-order valence-electron chi connectivity index (χ2n) is 8.50. The highest BCUT2D eigenvalue weighted by molar-refractivity contribution is 7.17. The quantitative estimate of drug-likeness (QED) is 0.0806. The van der Waals surface area contributed by atoms with Crippen LogP contribution in [0.1, 0.15) is 38.1 Å². The molecular formula is C27H23N3O8S. The molecule has 11 nitrogen and oxygen atoms in total. The van der Waals surface area contributed by atoms with Crippen molar-refractivity contribution in [1.82, 2.24) is 4.98 Å². The van der Waals surface area contributed by atoms with Gasteiger partial charge in [-0.25, -0.2) is 9.78 Å². The van der Waals surface area contributed by atoms with E-state index in [0.29, 0.717) is 11.3 Å². The number of amides is 1. The molecule has 1 atom stereocenters. The van der Waals surface area contributed by atoms with Crippen molar-refractivity contribution in [2.24, 2.45) is 0 Å². The summed E-state index contributed by atoms with van der Waals surface area (Å²) in [6, 6.07) is 8.92. The summed E-state index contributed by atoms with van der Waals surface area (Å²) in [5.41, 5.74) is 0.732. The van der Waals surface area contributed by atoms with Crippen molar-refractivity contribution in [2.45, 2.75) is 19.9 Å². The molecule has 1 N–H and O–H groups in total. The van der Waals surface area contributed by atoms with E-state index in [-0.39, 0.29) is 44.7 Å². The highest BCUT2D eigenvalue weighted by atomic mass is 32.1. The lowest BCUT2D eigenvalue weighted by Crippen LogP contribution is -2.29. The molecule has 1 saturated heterocycles. The van der Waals surface area contributed by atoms with Gasteiger partial charge in [-0.1, -0.05) is 36.1 Å². The fourth-order valence-corrected chi connectivity index (χ4v) is 5.19. The highest BCUT2D eigenvalue weighted by Gasteiger charge is 2.49. The van der Waals surface area contributed by atoms with Gasteiger partial charge < -0.3 is 14.6 Å². The fourth-order valence-electron chi connectivity index (χ4n) is 4.20. The Bertz CT molecular complexity index is 1560. The van der Waals surface area contributed by atoms with E-state index in [1.54, 1.807) is 32.0 Å². The Morgan fingerprint density at radius 1 is 1.26 bits per heavy atom. The van der Waals surface area contributed by atoms with Crippen LogP contribution in [0, 0.1) is 24.0 Å². The normalized spacial score (nSPS) is 16.3.